The summed E-state index contributed by atoms with van der Waals surface area (Å²) in [7, 11) is 1.73. The van der Waals surface area contributed by atoms with Crippen molar-refractivity contribution in [3.8, 4) is 0 Å². The Morgan fingerprint density at radius 3 is 2.49 bits per heavy atom. The molecule has 0 radical (unpaired) electrons. The van der Waals surface area contributed by atoms with Crippen molar-refractivity contribution >= 4 is 39.8 Å². The summed E-state index contributed by atoms with van der Waals surface area (Å²) in [5, 5.41) is 0.577. The summed E-state index contributed by atoms with van der Waals surface area (Å²) in [6, 6.07) is 13.6. The monoisotopic (exact) mass is 580 g/mol. The normalized spacial score (nSPS) is 15.1. The predicted molar refractivity (Wildman–Crippen MR) is 166 cm³/mol. The number of nitrogens with zero attached hydrogens (tertiary/aromatic N) is 6. The molecule has 5 heterocycles. The highest BCUT2D eigenvalue weighted by atomic mass is 16.3. The first kappa shape index (κ1) is 28.4. The maximum absolute atomic E-state index is 13.4. The number of anilines is 2. The van der Waals surface area contributed by atoms with Gasteiger partial charge in [-0.3, -0.25) is 19.3 Å². The van der Waals surface area contributed by atoms with E-state index in [0.29, 0.717) is 55.1 Å². The van der Waals surface area contributed by atoms with Crippen LogP contribution in [0.15, 0.2) is 76.5 Å². The molecule has 2 amide bonds. The van der Waals surface area contributed by atoms with Gasteiger partial charge in [0.05, 0.1) is 16.8 Å². The molecule has 6 rings (SSSR count). The fourth-order valence-electron chi connectivity index (χ4n) is 5.96. The lowest BCUT2D eigenvalue weighted by molar-refractivity contribution is -0.137. The van der Waals surface area contributed by atoms with Crippen LogP contribution in [-0.4, -0.2) is 50.8 Å². The van der Waals surface area contributed by atoms with Crippen LogP contribution in [0.2, 0.25) is 0 Å². The average Bonchev–Trinajstić information content (AvgIpc) is 3.61. The highest BCUT2D eigenvalue weighted by Crippen LogP contribution is 2.39. The van der Waals surface area contributed by atoms with Crippen LogP contribution in [0.3, 0.4) is 0 Å². The maximum atomic E-state index is 13.4. The minimum absolute atomic E-state index is 0.0776. The number of furan rings is 1. The Bertz CT molecular complexity index is 1920. The number of carbonyl (C=O) groups is 2. The Morgan fingerprint density at radius 1 is 0.930 bits per heavy atom. The van der Waals surface area contributed by atoms with E-state index in [9.17, 15) is 14.4 Å². The molecule has 0 N–H and O–H groups in total. The van der Waals surface area contributed by atoms with Gasteiger partial charge in [-0.05, 0) is 69.2 Å². The van der Waals surface area contributed by atoms with Crippen LogP contribution in [0.25, 0.3) is 16.6 Å². The smallest absolute Gasteiger partial charge is 0.261 e. The second kappa shape index (κ2) is 10.9. The standard InChI is InChI=1S/C33H36N6O4/c1-6-39-26-9-7-23(18-27(26)35(5)31(41)33(3,4)32(39)42)19-36(20-24-8-10-29-34-12-14-38(29)21-24)15-16-37-13-11-28-25(30(37)40)17-22(2)43-28/h7-14,17-18,21H,6,15-16,19-20H2,1-5H3. The summed E-state index contributed by atoms with van der Waals surface area (Å²) in [4.78, 5) is 49.8. The van der Waals surface area contributed by atoms with Crippen molar-refractivity contribution in [1.82, 2.24) is 18.9 Å². The van der Waals surface area contributed by atoms with Crippen LogP contribution in [0.1, 0.15) is 37.7 Å². The zero-order valence-corrected chi connectivity index (χ0v) is 25.2. The SMILES string of the molecule is CCN1C(=O)C(C)(C)C(=O)N(C)c2cc(CN(CCn3ccc4oc(C)cc4c3=O)Cc3ccc4nccn4c3)ccc21. The van der Waals surface area contributed by atoms with Gasteiger partial charge in [-0.15, -0.1) is 0 Å². The first-order chi connectivity index (χ1) is 20.6. The molecule has 222 valence electrons. The van der Waals surface area contributed by atoms with Crippen molar-refractivity contribution in [2.45, 2.75) is 47.3 Å². The van der Waals surface area contributed by atoms with Crippen LogP contribution >= 0.6 is 0 Å². The van der Waals surface area contributed by atoms with Gasteiger partial charge in [0, 0.05) is 64.6 Å². The third-order valence-electron chi connectivity index (χ3n) is 8.33. The molecule has 1 aromatic carbocycles. The van der Waals surface area contributed by atoms with E-state index in [-0.39, 0.29) is 17.4 Å². The number of rotatable bonds is 8. The van der Waals surface area contributed by atoms with Gasteiger partial charge in [0.2, 0.25) is 11.8 Å². The number of carbonyl (C=O) groups excluding carboxylic acids is 2. The van der Waals surface area contributed by atoms with Crippen molar-refractivity contribution in [3.63, 3.8) is 0 Å². The van der Waals surface area contributed by atoms with Gasteiger partial charge in [-0.2, -0.15) is 0 Å². The molecule has 1 aliphatic rings. The Morgan fingerprint density at radius 2 is 1.70 bits per heavy atom. The third kappa shape index (κ3) is 5.12. The summed E-state index contributed by atoms with van der Waals surface area (Å²) >= 11 is 0. The van der Waals surface area contributed by atoms with Crippen molar-refractivity contribution in [2.24, 2.45) is 5.41 Å². The van der Waals surface area contributed by atoms with E-state index >= 15 is 0 Å². The number of aromatic nitrogens is 3. The van der Waals surface area contributed by atoms with E-state index in [4.69, 9.17) is 4.42 Å². The molecule has 0 unspecified atom stereocenters. The molecular formula is C33H36N6O4. The number of benzene rings is 1. The second-order valence-corrected chi connectivity index (χ2v) is 11.8. The van der Waals surface area contributed by atoms with Crippen LogP contribution < -0.4 is 15.4 Å². The molecule has 5 aromatic rings. The third-order valence-corrected chi connectivity index (χ3v) is 8.33. The molecule has 1 aliphatic heterocycles. The lowest BCUT2D eigenvalue weighted by Gasteiger charge is -2.27. The summed E-state index contributed by atoms with van der Waals surface area (Å²) < 4.78 is 9.35. The number of hydrogen-bond donors (Lipinski definition) is 0. The van der Waals surface area contributed by atoms with Gasteiger partial charge < -0.3 is 23.2 Å². The van der Waals surface area contributed by atoms with Crippen LogP contribution in [-0.2, 0) is 29.2 Å². The van der Waals surface area contributed by atoms with Gasteiger partial charge in [0.1, 0.15) is 22.4 Å². The molecule has 0 aliphatic carbocycles. The Kier molecular flexibility index (Phi) is 7.17. The zero-order valence-electron chi connectivity index (χ0n) is 25.2. The topological polar surface area (TPSA) is 96.3 Å². The van der Waals surface area contributed by atoms with Crippen molar-refractivity contribution in [1.29, 1.82) is 0 Å². The molecular weight excluding hydrogens is 544 g/mol. The number of fused-ring (bicyclic) bond motifs is 3. The van der Waals surface area contributed by atoms with Gasteiger partial charge in [-0.1, -0.05) is 12.1 Å². The quantitative estimate of drug-likeness (QED) is 0.249. The number of pyridine rings is 2. The van der Waals surface area contributed by atoms with Crippen molar-refractivity contribution in [3.05, 3.63) is 94.5 Å². The Balaban J connectivity index is 1.32. The first-order valence-corrected chi connectivity index (χ1v) is 14.5. The van der Waals surface area contributed by atoms with Crippen LogP contribution in [0.5, 0.6) is 0 Å². The minimum Gasteiger partial charge on any atom is -0.461 e. The minimum atomic E-state index is -1.16. The lowest BCUT2D eigenvalue weighted by Crippen LogP contribution is -2.47. The molecule has 0 fully saturated rings. The van der Waals surface area contributed by atoms with E-state index in [1.54, 1.807) is 53.7 Å². The van der Waals surface area contributed by atoms with Crippen molar-refractivity contribution < 1.29 is 14.0 Å². The highest BCUT2D eigenvalue weighted by molar-refractivity contribution is 6.19. The average molecular weight is 581 g/mol. The van der Waals surface area contributed by atoms with Gasteiger partial charge in [-0.25, -0.2) is 4.98 Å². The van der Waals surface area contributed by atoms with E-state index in [2.05, 4.69) is 22.1 Å². The fourth-order valence-corrected chi connectivity index (χ4v) is 5.96. The Hall–Kier alpha value is -4.70. The van der Waals surface area contributed by atoms with E-state index in [1.165, 1.54) is 0 Å². The van der Waals surface area contributed by atoms with Crippen LogP contribution in [0.4, 0.5) is 11.4 Å². The summed E-state index contributed by atoms with van der Waals surface area (Å²) in [6.07, 6.45) is 7.55. The molecule has 0 saturated carbocycles. The molecule has 0 saturated heterocycles. The van der Waals surface area contributed by atoms with Gasteiger partial charge in [0.25, 0.3) is 5.56 Å². The van der Waals surface area contributed by atoms with E-state index in [0.717, 1.165) is 22.5 Å². The summed E-state index contributed by atoms with van der Waals surface area (Å²) in [5.74, 6) is 0.270. The van der Waals surface area contributed by atoms with Crippen LogP contribution in [0, 0.1) is 12.3 Å². The van der Waals surface area contributed by atoms with E-state index < -0.39 is 5.41 Å². The van der Waals surface area contributed by atoms with Crippen molar-refractivity contribution in [2.75, 3.05) is 29.9 Å². The van der Waals surface area contributed by atoms with E-state index in [1.807, 2.05) is 54.8 Å². The molecule has 43 heavy (non-hydrogen) atoms. The number of amides is 2. The predicted octanol–water partition coefficient (Wildman–Crippen LogP) is 4.61. The number of imidazole rings is 1. The zero-order chi connectivity index (χ0) is 30.5. The maximum Gasteiger partial charge on any atom is 0.261 e. The fraction of sp³-hybridized carbons (Fsp3) is 0.333. The molecule has 4 aromatic heterocycles. The number of hydrogen-bond acceptors (Lipinski definition) is 6. The second-order valence-electron chi connectivity index (χ2n) is 11.8. The highest BCUT2D eigenvalue weighted by Gasteiger charge is 2.45. The largest absolute Gasteiger partial charge is 0.461 e. The summed E-state index contributed by atoms with van der Waals surface area (Å²) in [6.45, 7) is 9.89. The summed E-state index contributed by atoms with van der Waals surface area (Å²) in [5.41, 5.74) is 3.77. The van der Waals surface area contributed by atoms with Gasteiger partial charge in [0.15, 0.2) is 0 Å². The molecule has 0 spiro atoms. The molecule has 0 atom stereocenters. The molecule has 10 nitrogen and oxygen atoms in total. The van der Waals surface area contributed by atoms with Gasteiger partial charge >= 0.3 is 0 Å². The first-order valence-electron chi connectivity index (χ1n) is 14.5. The number of aryl methyl sites for hydroxylation is 1. The Labute approximate surface area is 249 Å². The molecule has 0 bridgehead atoms. The lowest BCUT2D eigenvalue weighted by atomic mass is 9.90. The molecule has 10 heteroatoms.